The molecule has 1 aromatic rings. The smallest absolute Gasteiger partial charge is 0.0880 e. The van der Waals surface area contributed by atoms with Crippen molar-refractivity contribution >= 4 is 17.2 Å². The molecule has 3 heteroatoms. The van der Waals surface area contributed by atoms with Crippen LogP contribution in [-0.2, 0) is 7.05 Å². The van der Waals surface area contributed by atoms with Crippen LogP contribution in [0.2, 0.25) is 0 Å². The molecule has 0 amide bonds. The highest BCUT2D eigenvalue weighted by Gasteiger charge is 2.12. The normalized spacial score (nSPS) is 23.0. The van der Waals surface area contributed by atoms with E-state index in [-0.39, 0.29) is 5.38 Å². The van der Waals surface area contributed by atoms with Gasteiger partial charge in [0.15, 0.2) is 0 Å². The Labute approximate surface area is 89.6 Å². The molecule has 1 aliphatic carbocycles. The summed E-state index contributed by atoms with van der Waals surface area (Å²) in [5.74, 6) is 0. The molecule has 0 radical (unpaired) electrons. The minimum atomic E-state index is 0.189. The molecule has 0 saturated heterocycles. The van der Waals surface area contributed by atoms with Gasteiger partial charge in [-0.25, -0.2) is 0 Å². The van der Waals surface area contributed by atoms with Crippen LogP contribution in [0, 0.1) is 0 Å². The van der Waals surface area contributed by atoms with Crippen LogP contribution in [0.15, 0.2) is 18.3 Å². The average Bonchev–Trinajstić information content (AvgIpc) is 2.45. The summed E-state index contributed by atoms with van der Waals surface area (Å²) in [6.45, 7) is 0. The van der Waals surface area contributed by atoms with E-state index in [2.05, 4.69) is 17.2 Å². The van der Waals surface area contributed by atoms with Gasteiger partial charge in [0, 0.05) is 13.2 Å². The summed E-state index contributed by atoms with van der Waals surface area (Å²) in [7, 11) is 1.94. The molecule has 0 spiro atoms. The second-order valence-electron chi connectivity index (χ2n) is 3.83. The van der Waals surface area contributed by atoms with Gasteiger partial charge in [0.1, 0.15) is 0 Å². The Morgan fingerprint density at radius 3 is 3.07 bits per heavy atom. The Balaban J connectivity index is 2.23. The number of rotatable bonds is 1. The van der Waals surface area contributed by atoms with Crippen LogP contribution in [0.25, 0.3) is 5.57 Å². The number of nitrogens with zero attached hydrogens (tertiary/aromatic N) is 2. The van der Waals surface area contributed by atoms with E-state index >= 15 is 0 Å². The summed E-state index contributed by atoms with van der Waals surface area (Å²) in [6, 6.07) is 2.06. The van der Waals surface area contributed by atoms with Crippen molar-refractivity contribution in [3.05, 3.63) is 24.0 Å². The van der Waals surface area contributed by atoms with E-state index < -0.39 is 0 Å². The summed E-state index contributed by atoms with van der Waals surface area (Å²) in [4.78, 5) is 0. The molecule has 1 unspecified atom stereocenters. The number of halogens is 1. The zero-order chi connectivity index (χ0) is 9.97. The highest BCUT2D eigenvalue weighted by Crippen LogP contribution is 2.26. The summed E-state index contributed by atoms with van der Waals surface area (Å²) in [5.41, 5.74) is 2.39. The summed E-state index contributed by atoms with van der Waals surface area (Å²) >= 11 is 6.16. The van der Waals surface area contributed by atoms with Crippen molar-refractivity contribution < 1.29 is 0 Å². The topological polar surface area (TPSA) is 17.8 Å². The monoisotopic (exact) mass is 210 g/mol. The molecular formula is C11H15ClN2. The van der Waals surface area contributed by atoms with Gasteiger partial charge in [0.25, 0.3) is 0 Å². The van der Waals surface area contributed by atoms with Crippen molar-refractivity contribution in [2.24, 2.45) is 7.05 Å². The first-order chi connectivity index (χ1) is 6.75. The fourth-order valence-corrected chi connectivity index (χ4v) is 2.15. The van der Waals surface area contributed by atoms with Crippen LogP contribution < -0.4 is 0 Å². The molecule has 0 aromatic carbocycles. The van der Waals surface area contributed by atoms with Gasteiger partial charge in [-0.05, 0) is 30.9 Å². The Kier molecular flexibility index (Phi) is 2.92. The molecule has 1 atom stereocenters. The van der Waals surface area contributed by atoms with Crippen molar-refractivity contribution in [1.82, 2.24) is 9.78 Å². The fourth-order valence-electron chi connectivity index (χ4n) is 1.84. The lowest BCUT2D eigenvalue weighted by atomic mass is 10.1. The molecule has 0 aliphatic heterocycles. The van der Waals surface area contributed by atoms with E-state index in [9.17, 15) is 0 Å². The number of alkyl halides is 1. The standard InChI is InChI=1S/C11H15ClN2/c1-14-7-6-11(13-14)9-4-2-3-5-10(12)8-9/h6-8,10H,2-5H2,1H3. The van der Waals surface area contributed by atoms with Gasteiger partial charge in [0.2, 0.25) is 0 Å². The summed E-state index contributed by atoms with van der Waals surface area (Å²) in [6.07, 6.45) is 8.80. The molecule has 1 heterocycles. The molecule has 0 bridgehead atoms. The molecule has 2 nitrogen and oxygen atoms in total. The molecule has 2 rings (SSSR count). The average molecular weight is 211 g/mol. The van der Waals surface area contributed by atoms with Crippen LogP contribution in [0.3, 0.4) is 0 Å². The quantitative estimate of drug-likeness (QED) is 0.652. The maximum atomic E-state index is 6.16. The summed E-state index contributed by atoms with van der Waals surface area (Å²) in [5, 5.41) is 4.59. The number of allylic oxidation sites excluding steroid dienone is 2. The van der Waals surface area contributed by atoms with Crippen molar-refractivity contribution in [3.8, 4) is 0 Å². The van der Waals surface area contributed by atoms with Crippen LogP contribution in [0.5, 0.6) is 0 Å². The molecular weight excluding hydrogens is 196 g/mol. The predicted octanol–water partition coefficient (Wildman–Crippen LogP) is 2.98. The predicted molar refractivity (Wildman–Crippen MR) is 59.3 cm³/mol. The third-order valence-electron chi connectivity index (χ3n) is 2.60. The van der Waals surface area contributed by atoms with Crippen molar-refractivity contribution in [3.63, 3.8) is 0 Å². The highest BCUT2D eigenvalue weighted by molar-refractivity contribution is 6.22. The first kappa shape index (κ1) is 9.78. The number of aromatic nitrogens is 2. The third-order valence-corrected chi connectivity index (χ3v) is 2.94. The third kappa shape index (κ3) is 2.18. The molecule has 0 fully saturated rings. The fraction of sp³-hybridized carbons (Fsp3) is 0.545. The van der Waals surface area contributed by atoms with Crippen molar-refractivity contribution in [1.29, 1.82) is 0 Å². The first-order valence-electron chi connectivity index (χ1n) is 5.10. The summed E-state index contributed by atoms with van der Waals surface area (Å²) < 4.78 is 1.84. The SMILES string of the molecule is Cn1ccc(C2=CC(Cl)CCCC2)n1. The number of aryl methyl sites for hydroxylation is 1. The maximum absolute atomic E-state index is 6.16. The molecule has 0 saturated carbocycles. The van der Waals surface area contributed by atoms with Gasteiger partial charge in [-0.15, -0.1) is 11.6 Å². The van der Waals surface area contributed by atoms with Gasteiger partial charge < -0.3 is 0 Å². The van der Waals surface area contributed by atoms with E-state index in [1.54, 1.807) is 0 Å². The second-order valence-corrected chi connectivity index (χ2v) is 4.39. The van der Waals surface area contributed by atoms with Crippen LogP contribution in [-0.4, -0.2) is 15.2 Å². The molecule has 14 heavy (non-hydrogen) atoms. The zero-order valence-corrected chi connectivity index (χ0v) is 9.17. The Hall–Kier alpha value is -0.760. The molecule has 1 aliphatic rings. The molecule has 76 valence electrons. The highest BCUT2D eigenvalue weighted by atomic mass is 35.5. The minimum Gasteiger partial charge on any atom is -0.275 e. The zero-order valence-electron chi connectivity index (χ0n) is 8.41. The molecule has 1 aromatic heterocycles. The Bertz CT molecular complexity index is 341. The van der Waals surface area contributed by atoms with E-state index in [1.165, 1.54) is 18.4 Å². The van der Waals surface area contributed by atoms with Gasteiger partial charge >= 0.3 is 0 Å². The van der Waals surface area contributed by atoms with E-state index in [0.717, 1.165) is 18.5 Å². The Morgan fingerprint density at radius 1 is 1.50 bits per heavy atom. The van der Waals surface area contributed by atoms with Crippen molar-refractivity contribution in [2.45, 2.75) is 31.1 Å². The van der Waals surface area contributed by atoms with Crippen molar-refractivity contribution in [2.75, 3.05) is 0 Å². The maximum Gasteiger partial charge on any atom is 0.0880 e. The van der Waals surface area contributed by atoms with Gasteiger partial charge in [-0.2, -0.15) is 5.10 Å². The van der Waals surface area contributed by atoms with Crippen LogP contribution >= 0.6 is 11.6 Å². The molecule has 0 N–H and O–H groups in total. The minimum absolute atomic E-state index is 0.189. The first-order valence-corrected chi connectivity index (χ1v) is 5.54. The lowest BCUT2D eigenvalue weighted by Crippen LogP contribution is -1.93. The van der Waals surface area contributed by atoms with Crippen LogP contribution in [0.4, 0.5) is 0 Å². The van der Waals surface area contributed by atoms with E-state index in [1.807, 2.05) is 17.9 Å². The van der Waals surface area contributed by atoms with Gasteiger partial charge in [0.05, 0.1) is 11.1 Å². The van der Waals surface area contributed by atoms with Gasteiger partial charge in [-0.3, -0.25) is 4.68 Å². The number of hydrogen-bond donors (Lipinski definition) is 0. The lowest BCUT2D eigenvalue weighted by molar-refractivity contribution is 0.721. The van der Waals surface area contributed by atoms with E-state index in [4.69, 9.17) is 11.6 Å². The lowest BCUT2D eigenvalue weighted by Gasteiger charge is -2.01. The largest absolute Gasteiger partial charge is 0.275 e. The van der Waals surface area contributed by atoms with Crippen LogP contribution in [0.1, 0.15) is 31.4 Å². The van der Waals surface area contributed by atoms with E-state index in [0.29, 0.717) is 0 Å². The second kappa shape index (κ2) is 4.18. The van der Waals surface area contributed by atoms with Gasteiger partial charge in [-0.1, -0.05) is 12.5 Å². The number of hydrogen-bond acceptors (Lipinski definition) is 1. The Morgan fingerprint density at radius 2 is 2.36 bits per heavy atom.